The Morgan fingerprint density at radius 1 is 1.21 bits per heavy atom. The van der Waals surface area contributed by atoms with Gasteiger partial charge in [0.25, 0.3) is 5.56 Å². The quantitative estimate of drug-likeness (QED) is 0.616. The van der Waals surface area contributed by atoms with E-state index in [1.54, 1.807) is 30.2 Å². The van der Waals surface area contributed by atoms with E-state index in [1.807, 2.05) is 60.7 Å². The number of pyridine rings is 1. The highest BCUT2D eigenvalue weighted by Crippen LogP contribution is 2.46. The van der Waals surface area contributed by atoms with Gasteiger partial charge in [0.1, 0.15) is 22.4 Å². The monoisotopic (exact) mass is 412 g/mol. The van der Waals surface area contributed by atoms with Crippen molar-refractivity contribution in [2.45, 2.75) is 18.4 Å². The van der Waals surface area contributed by atoms with E-state index in [0.717, 1.165) is 36.1 Å². The number of ether oxygens (including phenoxy) is 1. The molecule has 0 saturated heterocycles. The summed E-state index contributed by atoms with van der Waals surface area (Å²) in [4.78, 5) is 16.4. The van der Waals surface area contributed by atoms with E-state index in [4.69, 9.17) is 4.74 Å². The number of aromatic nitrogens is 2. The van der Waals surface area contributed by atoms with Gasteiger partial charge in [-0.15, -0.1) is 11.3 Å². The first-order valence-electron chi connectivity index (χ1n) is 9.02. The average molecular weight is 413 g/mol. The van der Waals surface area contributed by atoms with E-state index in [2.05, 4.69) is 23.1 Å². The maximum atomic E-state index is 13.1. The molecule has 0 bridgehead atoms. The van der Waals surface area contributed by atoms with Crippen LogP contribution in [0.25, 0.3) is 11.1 Å². The summed E-state index contributed by atoms with van der Waals surface area (Å²) in [6.07, 6.45) is 6.09. The van der Waals surface area contributed by atoms with E-state index in [9.17, 15) is 4.79 Å². The van der Waals surface area contributed by atoms with Crippen LogP contribution in [0, 0.1) is 0 Å². The minimum Gasteiger partial charge on any atom is -0.497 e. The van der Waals surface area contributed by atoms with Crippen molar-refractivity contribution in [1.29, 1.82) is 0 Å². The molecular weight excluding hydrogens is 390 g/mol. The summed E-state index contributed by atoms with van der Waals surface area (Å²) in [7, 11) is 5.66. The van der Waals surface area contributed by atoms with Crippen LogP contribution in [-0.2, 0) is 13.6 Å². The fraction of sp³-hybridized carbons (Fsp3) is 0.238. The Hall–Kier alpha value is -2.51. The Morgan fingerprint density at radius 2 is 1.96 bits per heavy atom. The molecule has 3 aromatic rings. The number of thioether (sulfide) groups is 1. The van der Waals surface area contributed by atoms with Crippen molar-refractivity contribution in [2.75, 3.05) is 19.1 Å². The lowest BCUT2D eigenvalue weighted by Crippen LogP contribution is -2.33. The van der Waals surface area contributed by atoms with Crippen molar-refractivity contribution in [3.05, 3.63) is 67.8 Å². The molecule has 3 heterocycles. The van der Waals surface area contributed by atoms with Gasteiger partial charge in [-0.25, -0.2) is 4.57 Å². The number of methoxy groups -OCH3 is 1. The Labute approximate surface area is 171 Å². The molecule has 0 aliphatic carbocycles. The van der Waals surface area contributed by atoms with Gasteiger partial charge in [0.05, 0.1) is 17.5 Å². The molecule has 0 spiro atoms. The summed E-state index contributed by atoms with van der Waals surface area (Å²) >= 11 is 3.19. The summed E-state index contributed by atoms with van der Waals surface area (Å²) in [6.45, 7) is 2.65. The van der Waals surface area contributed by atoms with Crippen LogP contribution in [0.1, 0.15) is 12.5 Å². The third-order valence-electron chi connectivity index (χ3n) is 4.76. The minimum atomic E-state index is 0.0642. The third kappa shape index (κ3) is 3.25. The predicted molar refractivity (Wildman–Crippen MR) is 115 cm³/mol. The normalized spacial score (nSPS) is 15.9. The largest absolute Gasteiger partial charge is 0.497 e. The second-order valence-corrected chi connectivity index (χ2v) is 8.62. The Balaban J connectivity index is 1.88. The first-order valence-corrected chi connectivity index (χ1v) is 10.7. The number of fused-ring (bicyclic) bond motifs is 1. The Bertz CT molecular complexity index is 1210. The number of benzene rings is 1. The second kappa shape index (κ2) is 7.48. The van der Waals surface area contributed by atoms with E-state index >= 15 is 0 Å². The van der Waals surface area contributed by atoms with E-state index in [-0.39, 0.29) is 5.56 Å². The van der Waals surface area contributed by atoms with Gasteiger partial charge in [0.15, 0.2) is 12.4 Å². The van der Waals surface area contributed by atoms with Crippen LogP contribution >= 0.6 is 23.1 Å². The first-order chi connectivity index (χ1) is 13.5. The highest BCUT2D eigenvalue weighted by Gasteiger charge is 2.25. The number of rotatable bonds is 3. The molecule has 28 heavy (non-hydrogen) atoms. The SMILES string of the molecule is CCn1c(=O)/c(=C2/Sc3ccc(OC)cc3N2C)s/c1=C/c1cc[n+](C)cc1. The number of hydrogen-bond acceptors (Lipinski definition) is 5. The summed E-state index contributed by atoms with van der Waals surface area (Å²) in [5.74, 6) is 0.816. The number of anilines is 1. The Kier molecular flexibility index (Phi) is 5.03. The zero-order chi connectivity index (χ0) is 19.8. The topological polar surface area (TPSA) is 38.4 Å². The molecule has 0 amide bonds. The molecule has 0 unspecified atom stereocenters. The van der Waals surface area contributed by atoms with Crippen molar-refractivity contribution in [2.24, 2.45) is 7.05 Å². The fourth-order valence-corrected chi connectivity index (χ4v) is 5.63. The number of hydrogen-bond donors (Lipinski definition) is 0. The van der Waals surface area contributed by atoms with E-state index in [0.29, 0.717) is 6.54 Å². The fourth-order valence-electron chi connectivity index (χ4n) is 3.17. The van der Waals surface area contributed by atoms with Crippen molar-refractivity contribution < 1.29 is 9.30 Å². The summed E-state index contributed by atoms with van der Waals surface area (Å²) in [5, 5.41) is 0.972. The maximum absolute atomic E-state index is 13.1. The molecule has 0 fully saturated rings. The first kappa shape index (κ1) is 18.8. The van der Waals surface area contributed by atoms with Gasteiger partial charge in [0.2, 0.25) is 0 Å². The van der Waals surface area contributed by atoms with Gasteiger partial charge >= 0.3 is 0 Å². The van der Waals surface area contributed by atoms with Crippen LogP contribution in [0.15, 0.2) is 52.4 Å². The van der Waals surface area contributed by atoms with E-state index < -0.39 is 0 Å². The van der Waals surface area contributed by atoms with Gasteiger partial charge in [0, 0.05) is 36.7 Å². The maximum Gasteiger partial charge on any atom is 0.271 e. The van der Waals surface area contributed by atoms with Crippen molar-refractivity contribution in [3.8, 4) is 5.75 Å². The van der Waals surface area contributed by atoms with E-state index in [1.165, 1.54) is 0 Å². The lowest BCUT2D eigenvalue weighted by atomic mass is 10.3. The molecule has 7 heteroatoms. The molecule has 5 nitrogen and oxygen atoms in total. The highest BCUT2D eigenvalue weighted by molar-refractivity contribution is 8.08. The van der Waals surface area contributed by atoms with Gasteiger partial charge in [-0.1, -0.05) is 11.8 Å². The van der Waals surface area contributed by atoms with Crippen LogP contribution < -0.4 is 29.0 Å². The molecule has 2 aromatic heterocycles. The van der Waals surface area contributed by atoms with Gasteiger partial charge < -0.3 is 9.64 Å². The predicted octanol–water partition coefficient (Wildman–Crippen LogP) is 1.90. The molecule has 1 aliphatic heterocycles. The van der Waals surface area contributed by atoms with Crippen molar-refractivity contribution >= 4 is 39.9 Å². The number of aryl methyl sites for hydroxylation is 1. The van der Waals surface area contributed by atoms with Crippen LogP contribution in [0.3, 0.4) is 0 Å². The molecule has 0 N–H and O–H groups in total. The van der Waals surface area contributed by atoms with Crippen LogP contribution in [0.4, 0.5) is 5.69 Å². The van der Waals surface area contributed by atoms with Crippen molar-refractivity contribution in [1.82, 2.24) is 4.57 Å². The van der Waals surface area contributed by atoms with Crippen LogP contribution in [-0.4, -0.2) is 18.7 Å². The molecule has 0 saturated carbocycles. The summed E-state index contributed by atoms with van der Waals surface area (Å²) < 4.78 is 10.9. The van der Waals surface area contributed by atoms with Crippen LogP contribution in [0.5, 0.6) is 5.75 Å². The molecule has 1 aliphatic rings. The summed E-state index contributed by atoms with van der Waals surface area (Å²) in [5.41, 5.74) is 2.21. The molecule has 144 valence electrons. The molecule has 0 atom stereocenters. The second-order valence-electron chi connectivity index (χ2n) is 6.56. The number of thiazole rings is 1. The van der Waals surface area contributed by atoms with Crippen molar-refractivity contribution in [3.63, 3.8) is 0 Å². The Morgan fingerprint density at radius 3 is 2.64 bits per heavy atom. The molecule has 1 aromatic carbocycles. The van der Waals surface area contributed by atoms with Crippen LogP contribution in [0.2, 0.25) is 0 Å². The minimum absolute atomic E-state index is 0.0642. The van der Waals surface area contributed by atoms with Gasteiger partial charge in [-0.3, -0.25) is 9.36 Å². The molecule has 0 radical (unpaired) electrons. The zero-order valence-electron chi connectivity index (χ0n) is 16.3. The average Bonchev–Trinajstić information content (AvgIpc) is 3.19. The highest BCUT2D eigenvalue weighted by atomic mass is 32.2. The van der Waals surface area contributed by atoms with Gasteiger partial charge in [-0.05, 0) is 30.7 Å². The van der Waals surface area contributed by atoms with Gasteiger partial charge in [-0.2, -0.15) is 0 Å². The lowest BCUT2D eigenvalue weighted by molar-refractivity contribution is -0.671. The number of nitrogens with zero attached hydrogens (tertiary/aromatic N) is 3. The zero-order valence-corrected chi connectivity index (χ0v) is 17.9. The standard InChI is InChI=1S/C21H22N3O2S2/c1-5-24-18(12-14-8-10-22(2)11-9-14)28-19(20(24)25)21-23(3)16-13-15(26-4)6-7-17(16)27-21/h6-13H,5H2,1-4H3/q+1/b21-19-. The smallest absolute Gasteiger partial charge is 0.271 e. The molecular formula is C21H22N3O2S2+. The third-order valence-corrected chi connectivity index (χ3v) is 7.24. The lowest BCUT2D eigenvalue weighted by Gasteiger charge is -2.13. The summed E-state index contributed by atoms with van der Waals surface area (Å²) in [6, 6.07) is 10.1. The molecule has 4 rings (SSSR count).